The summed E-state index contributed by atoms with van der Waals surface area (Å²) >= 11 is 0. The molecule has 0 saturated carbocycles. The molecule has 1 saturated heterocycles. The quantitative estimate of drug-likeness (QED) is 0.558. The summed E-state index contributed by atoms with van der Waals surface area (Å²) in [7, 11) is 4.88. The van der Waals surface area contributed by atoms with Crippen LogP contribution in [-0.4, -0.2) is 81.6 Å². The van der Waals surface area contributed by atoms with Crippen molar-refractivity contribution in [3.8, 4) is 17.2 Å². The molecule has 1 aliphatic rings. The third-order valence-corrected chi connectivity index (χ3v) is 5.53. The maximum atomic E-state index is 12.7. The average molecular weight is 471 g/mol. The van der Waals surface area contributed by atoms with Gasteiger partial charge in [-0.25, -0.2) is 0 Å². The Morgan fingerprint density at radius 2 is 1.53 bits per heavy atom. The lowest BCUT2D eigenvalue weighted by Gasteiger charge is -2.32. The second-order valence-corrected chi connectivity index (χ2v) is 7.94. The highest BCUT2D eigenvalue weighted by molar-refractivity contribution is 5.96. The second-order valence-electron chi connectivity index (χ2n) is 7.94. The summed E-state index contributed by atoms with van der Waals surface area (Å²) in [6, 6.07) is 10.2. The van der Waals surface area contributed by atoms with Crippen LogP contribution in [-0.2, 0) is 11.3 Å². The number of benzene rings is 2. The molecule has 3 N–H and O–H groups in total. The Morgan fingerprint density at radius 1 is 0.941 bits per heavy atom. The fourth-order valence-corrected chi connectivity index (χ4v) is 3.54. The Labute approximate surface area is 198 Å². The minimum Gasteiger partial charge on any atom is -0.493 e. The number of nitrogens with zero attached hydrogens (tertiary/aromatic N) is 2. The van der Waals surface area contributed by atoms with Gasteiger partial charge in [0.15, 0.2) is 18.1 Å². The number of nitrogens with two attached hydrogens (primary N) is 1. The SMILES string of the molecule is COc1cc(C(=O)NCc2ccc(C(=O)N3CCN(C)CC3)cc2)cc(OC)c1OCC(N)=O. The van der Waals surface area contributed by atoms with E-state index in [9.17, 15) is 14.4 Å². The molecule has 1 fully saturated rings. The average Bonchev–Trinajstić information content (AvgIpc) is 2.85. The third-order valence-electron chi connectivity index (χ3n) is 5.53. The minimum atomic E-state index is -0.651. The van der Waals surface area contributed by atoms with Crippen LogP contribution in [0.2, 0.25) is 0 Å². The zero-order valence-corrected chi connectivity index (χ0v) is 19.6. The summed E-state index contributed by atoms with van der Waals surface area (Å²) < 4.78 is 15.9. The van der Waals surface area contributed by atoms with Crippen LogP contribution in [0.4, 0.5) is 0 Å². The summed E-state index contributed by atoms with van der Waals surface area (Å²) in [5.41, 5.74) is 6.90. The number of carbonyl (C=O) groups excluding carboxylic acids is 3. The Hall–Kier alpha value is -3.79. The molecule has 34 heavy (non-hydrogen) atoms. The predicted octanol–water partition coefficient (Wildman–Crippen LogP) is 0.886. The predicted molar refractivity (Wildman–Crippen MR) is 125 cm³/mol. The van der Waals surface area contributed by atoms with Gasteiger partial charge < -0.3 is 35.1 Å². The van der Waals surface area contributed by atoms with Crippen molar-refractivity contribution in [1.29, 1.82) is 0 Å². The van der Waals surface area contributed by atoms with Gasteiger partial charge in [-0.2, -0.15) is 0 Å². The third kappa shape index (κ3) is 6.16. The van der Waals surface area contributed by atoms with E-state index in [0.717, 1.165) is 18.7 Å². The summed E-state index contributed by atoms with van der Waals surface area (Å²) in [6.07, 6.45) is 0. The van der Waals surface area contributed by atoms with Gasteiger partial charge in [-0.3, -0.25) is 14.4 Å². The van der Waals surface area contributed by atoms with Gasteiger partial charge in [0.25, 0.3) is 17.7 Å². The van der Waals surface area contributed by atoms with Crippen LogP contribution in [0.15, 0.2) is 36.4 Å². The number of nitrogens with one attached hydrogen (secondary N) is 1. The van der Waals surface area contributed by atoms with Crippen molar-refractivity contribution in [2.45, 2.75) is 6.54 Å². The molecular weight excluding hydrogens is 440 g/mol. The molecule has 10 nitrogen and oxygen atoms in total. The molecule has 3 amide bonds. The van der Waals surface area contributed by atoms with Crippen molar-refractivity contribution in [2.24, 2.45) is 5.73 Å². The number of piperazine rings is 1. The van der Waals surface area contributed by atoms with E-state index in [1.165, 1.54) is 26.4 Å². The lowest BCUT2D eigenvalue weighted by Crippen LogP contribution is -2.47. The Bertz CT molecular complexity index is 1010. The van der Waals surface area contributed by atoms with Crippen molar-refractivity contribution >= 4 is 17.7 Å². The highest BCUT2D eigenvalue weighted by atomic mass is 16.5. The summed E-state index contributed by atoms with van der Waals surface area (Å²) in [5.74, 6) is -0.338. The molecule has 0 atom stereocenters. The van der Waals surface area contributed by atoms with E-state index in [4.69, 9.17) is 19.9 Å². The van der Waals surface area contributed by atoms with E-state index in [1.807, 2.05) is 24.1 Å². The van der Waals surface area contributed by atoms with E-state index < -0.39 is 5.91 Å². The van der Waals surface area contributed by atoms with Crippen LogP contribution >= 0.6 is 0 Å². The van der Waals surface area contributed by atoms with Crippen LogP contribution in [0.3, 0.4) is 0 Å². The van der Waals surface area contributed by atoms with Crippen LogP contribution in [0.5, 0.6) is 17.2 Å². The van der Waals surface area contributed by atoms with E-state index in [0.29, 0.717) is 24.2 Å². The number of ether oxygens (including phenoxy) is 3. The fraction of sp³-hybridized carbons (Fsp3) is 0.375. The molecule has 2 aromatic rings. The molecule has 0 unspecified atom stereocenters. The number of carbonyl (C=O) groups is 3. The second kappa shape index (κ2) is 11.4. The van der Waals surface area contributed by atoms with Gasteiger partial charge in [-0.05, 0) is 36.9 Å². The molecule has 0 radical (unpaired) electrons. The van der Waals surface area contributed by atoms with E-state index in [2.05, 4.69) is 10.2 Å². The topological polar surface area (TPSA) is 123 Å². The lowest BCUT2D eigenvalue weighted by atomic mass is 10.1. The molecule has 1 heterocycles. The summed E-state index contributed by atoms with van der Waals surface area (Å²) in [4.78, 5) is 40.5. The first-order chi connectivity index (χ1) is 16.3. The molecule has 0 aromatic heterocycles. The molecule has 182 valence electrons. The van der Waals surface area contributed by atoms with Crippen LogP contribution in [0.1, 0.15) is 26.3 Å². The lowest BCUT2D eigenvalue weighted by molar-refractivity contribution is -0.120. The van der Waals surface area contributed by atoms with Gasteiger partial charge >= 0.3 is 0 Å². The molecule has 0 spiro atoms. The van der Waals surface area contributed by atoms with Crippen molar-refractivity contribution in [1.82, 2.24) is 15.1 Å². The van der Waals surface area contributed by atoms with Crippen molar-refractivity contribution < 1.29 is 28.6 Å². The van der Waals surface area contributed by atoms with Gasteiger partial charge in [0.05, 0.1) is 14.2 Å². The van der Waals surface area contributed by atoms with Gasteiger partial charge in [0.1, 0.15) is 0 Å². The molecule has 1 aliphatic heterocycles. The van der Waals surface area contributed by atoms with Gasteiger partial charge in [-0.15, -0.1) is 0 Å². The zero-order valence-electron chi connectivity index (χ0n) is 19.6. The monoisotopic (exact) mass is 470 g/mol. The van der Waals surface area contributed by atoms with Crippen molar-refractivity contribution in [3.63, 3.8) is 0 Å². The molecule has 10 heteroatoms. The van der Waals surface area contributed by atoms with Gasteiger partial charge in [-0.1, -0.05) is 12.1 Å². The Kier molecular flexibility index (Phi) is 8.31. The summed E-state index contributed by atoms with van der Waals surface area (Å²) in [5, 5.41) is 2.84. The van der Waals surface area contributed by atoms with E-state index in [-0.39, 0.29) is 42.2 Å². The smallest absolute Gasteiger partial charge is 0.255 e. The maximum Gasteiger partial charge on any atom is 0.255 e. The normalized spacial score (nSPS) is 13.8. The Balaban J connectivity index is 1.63. The number of hydrogen-bond acceptors (Lipinski definition) is 7. The largest absolute Gasteiger partial charge is 0.493 e. The van der Waals surface area contributed by atoms with E-state index >= 15 is 0 Å². The van der Waals surface area contributed by atoms with E-state index in [1.54, 1.807) is 12.1 Å². The first kappa shape index (κ1) is 24.8. The molecule has 0 bridgehead atoms. The Morgan fingerprint density at radius 3 is 2.06 bits per heavy atom. The molecule has 3 rings (SSSR count). The molecular formula is C24H30N4O6. The van der Waals surface area contributed by atoms with Crippen LogP contribution in [0, 0.1) is 0 Å². The first-order valence-electron chi connectivity index (χ1n) is 10.8. The number of amides is 3. The van der Waals surface area contributed by atoms with Crippen molar-refractivity contribution in [2.75, 3.05) is 54.1 Å². The fourth-order valence-electron chi connectivity index (χ4n) is 3.54. The highest BCUT2D eigenvalue weighted by Crippen LogP contribution is 2.38. The van der Waals surface area contributed by atoms with Crippen molar-refractivity contribution in [3.05, 3.63) is 53.1 Å². The number of likely N-dealkylation sites (N-methyl/N-ethyl adjacent to an activating group) is 1. The van der Waals surface area contributed by atoms with Crippen LogP contribution in [0.25, 0.3) is 0 Å². The summed E-state index contributed by atoms with van der Waals surface area (Å²) in [6.45, 7) is 3.07. The standard InChI is InChI=1S/C24H30N4O6/c1-27-8-10-28(11-9-27)24(31)17-6-4-16(5-7-17)14-26-23(30)18-12-19(32-2)22(20(13-18)33-3)34-15-21(25)29/h4-7,12-13H,8-11,14-15H2,1-3H3,(H2,25,29)(H,26,30). The van der Waals surface area contributed by atoms with Crippen LogP contribution < -0.4 is 25.3 Å². The number of methoxy groups -OCH3 is 2. The number of rotatable bonds is 9. The van der Waals surface area contributed by atoms with Gasteiger partial charge in [0, 0.05) is 43.9 Å². The number of hydrogen-bond donors (Lipinski definition) is 2. The minimum absolute atomic E-state index is 0.0153. The molecule has 2 aromatic carbocycles. The van der Waals surface area contributed by atoms with Gasteiger partial charge in [0.2, 0.25) is 5.75 Å². The highest BCUT2D eigenvalue weighted by Gasteiger charge is 2.21. The first-order valence-corrected chi connectivity index (χ1v) is 10.8. The zero-order chi connectivity index (χ0) is 24.7. The maximum absolute atomic E-state index is 12.7. The molecule has 0 aliphatic carbocycles. The number of primary amides is 1.